The Morgan fingerprint density at radius 1 is 1.23 bits per heavy atom. The van der Waals surface area contributed by atoms with Crippen molar-refractivity contribution >= 4 is 17.5 Å². The highest BCUT2D eigenvalue weighted by atomic mass is 16.5. The summed E-state index contributed by atoms with van der Waals surface area (Å²) in [5.74, 6) is 0.940. The van der Waals surface area contributed by atoms with Crippen LogP contribution in [0.15, 0.2) is 24.3 Å². The van der Waals surface area contributed by atoms with Crippen molar-refractivity contribution in [1.82, 2.24) is 20.1 Å². The summed E-state index contributed by atoms with van der Waals surface area (Å²) in [7, 11) is 1.65. The van der Waals surface area contributed by atoms with Gasteiger partial charge in [-0.3, -0.25) is 9.89 Å². The number of anilines is 2. The standard InChI is InChI=1S/C14H18N6O2/c1-22-11-4-2-10(3-5-11)19-6-8-20(9-7-19)13(21)12-16-14(15)18-17-12/h2-5H,6-9H2,1H3,(H3,15,16,17,18). The number of rotatable bonds is 3. The molecule has 0 spiro atoms. The van der Waals surface area contributed by atoms with Crippen LogP contribution in [0.5, 0.6) is 5.75 Å². The number of nitrogens with zero attached hydrogens (tertiary/aromatic N) is 4. The van der Waals surface area contributed by atoms with Gasteiger partial charge in [0.05, 0.1) is 7.11 Å². The average molecular weight is 302 g/mol. The van der Waals surface area contributed by atoms with Gasteiger partial charge in [0.15, 0.2) is 0 Å². The van der Waals surface area contributed by atoms with Crippen LogP contribution in [0.4, 0.5) is 11.6 Å². The summed E-state index contributed by atoms with van der Waals surface area (Å²) < 4.78 is 5.16. The minimum absolute atomic E-state index is 0.0835. The van der Waals surface area contributed by atoms with Gasteiger partial charge in [-0.2, -0.15) is 4.98 Å². The van der Waals surface area contributed by atoms with Crippen molar-refractivity contribution in [2.45, 2.75) is 0 Å². The summed E-state index contributed by atoms with van der Waals surface area (Å²) >= 11 is 0. The minimum atomic E-state index is -0.168. The van der Waals surface area contributed by atoms with Crippen LogP contribution >= 0.6 is 0 Å². The lowest BCUT2D eigenvalue weighted by Gasteiger charge is -2.35. The smallest absolute Gasteiger partial charge is 0.291 e. The van der Waals surface area contributed by atoms with Gasteiger partial charge in [-0.15, -0.1) is 5.10 Å². The maximum absolute atomic E-state index is 12.2. The predicted molar refractivity (Wildman–Crippen MR) is 81.9 cm³/mol. The molecule has 0 unspecified atom stereocenters. The normalized spacial score (nSPS) is 15.0. The van der Waals surface area contributed by atoms with Crippen molar-refractivity contribution in [3.8, 4) is 5.75 Å². The number of ether oxygens (including phenoxy) is 1. The zero-order valence-corrected chi connectivity index (χ0v) is 12.3. The predicted octanol–water partition coefficient (Wildman–Crippen LogP) is 0.358. The Labute approximate surface area is 127 Å². The lowest BCUT2D eigenvalue weighted by atomic mass is 10.2. The second-order valence-corrected chi connectivity index (χ2v) is 5.02. The molecule has 1 amide bonds. The number of aromatic nitrogens is 3. The fourth-order valence-electron chi connectivity index (χ4n) is 2.48. The number of nitrogens with one attached hydrogen (secondary N) is 1. The molecular weight excluding hydrogens is 284 g/mol. The van der Waals surface area contributed by atoms with Crippen molar-refractivity contribution in [2.75, 3.05) is 43.9 Å². The number of hydrogen-bond acceptors (Lipinski definition) is 6. The fraction of sp³-hybridized carbons (Fsp3) is 0.357. The van der Waals surface area contributed by atoms with Gasteiger partial charge < -0.3 is 20.3 Å². The number of benzene rings is 1. The summed E-state index contributed by atoms with van der Waals surface area (Å²) in [5.41, 5.74) is 6.55. The molecule has 8 heteroatoms. The molecule has 3 rings (SSSR count). The van der Waals surface area contributed by atoms with Gasteiger partial charge in [-0.1, -0.05) is 0 Å². The number of nitrogens with two attached hydrogens (primary N) is 1. The topological polar surface area (TPSA) is 100 Å². The van der Waals surface area contributed by atoms with E-state index in [2.05, 4.69) is 20.1 Å². The molecule has 8 nitrogen and oxygen atoms in total. The molecule has 1 fully saturated rings. The van der Waals surface area contributed by atoms with E-state index in [1.807, 2.05) is 24.3 Å². The van der Waals surface area contributed by atoms with E-state index in [4.69, 9.17) is 10.5 Å². The zero-order valence-electron chi connectivity index (χ0n) is 12.3. The van der Waals surface area contributed by atoms with E-state index in [0.717, 1.165) is 24.5 Å². The third-order valence-corrected chi connectivity index (χ3v) is 3.71. The number of amides is 1. The molecular formula is C14H18N6O2. The van der Waals surface area contributed by atoms with Crippen LogP contribution in [-0.4, -0.2) is 59.3 Å². The third kappa shape index (κ3) is 2.80. The molecule has 0 atom stereocenters. The van der Waals surface area contributed by atoms with Gasteiger partial charge in [0.25, 0.3) is 5.91 Å². The molecule has 1 aliphatic rings. The average Bonchev–Trinajstić information content (AvgIpc) is 3.01. The fourth-order valence-corrected chi connectivity index (χ4v) is 2.48. The van der Waals surface area contributed by atoms with Gasteiger partial charge in [0, 0.05) is 31.9 Å². The Kier molecular flexibility index (Phi) is 3.82. The van der Waals surface area contributed by atoms with Crippen molar-refractivity contribution < 1.29 is 9.53 Å². The van der Waals surface area contributed by atoms with E-state index in [1.165, 1.54) is 0 Å². The maximum Gasteiger partial charge on any atom is 0.291 e. The van der Waals surface area contributed by atoms with Gasteiger partial charge >= 0.3 is 0 Å². The molecule has 1 saturated heterocycles. The lowest BCUT2D eigenvalue weighted by Crippen LogP contribution is -2.49. The van der Waals surface area contributed by atoms with E-state index in [-0.39, 0.29) is 17.7 Å². The summed E-state index contributed by atoms with van der Waals surface area (Å²) in [4.78, 5) is 20.1. The lowest BCUT2D eigenvalue weighted by molar-refractivity contribution is 0.0735. The molecule has 0 bridgehead atoms. The third-order valence-electron chi connectivity index (χ3n) is 3.71. The number of piperazine rings is 1. The molecule has 2 aromatic rings. The molecule has 3 N–H and O–H groups in total. The van der Waals surface area contributed by atoms with Crippen LogP contribution in [0.1, 0.15) is 10.6 Å². The molecule has 22 heavy (non-hydrogen) atoms. The van der Waals surface area contributed by atoms with Crippen LogP contribution in [0.25, 0.3) is 0 Å². The van der Waals surface area contributed by atoms with Crippen molar-refractivity contribution in [2.24, 2.45) is 0 Å². The Hall–Kier alpha value is -2.77. The number of aromatic amines is 1. The van der Waals surface area contributed by atoms with Crippen LogP contribution < -0.4 is 15.4 Å². The van der Waals surface area contributed by atoms with E-state index in [1.54, 1.807) is 12.0 Å². The number of carbonyl (C=O) groups is 1. The van der Waals surface area contributed by atoms with E-state index in [0.29, 0.717) is 13.1 Å². The molecule has 0 radical (unpaired) electrons. The van der Waals surface area contributed by atoms with Crippen molar-refractivity contribution in [1.29, 1.82) is 0 Å². The molecule has 2 heterocycles. The van der Waals surface area contributed by atoms with Crippen LogP contribution in [0.3, 0.4) is 0 Å². The van der Waals surface area contributed by atoms with Gasteiger partial charge in [0.2, 0.25) is 11.8 Å². The highest BCUT2D eigenvalue weighted by Crippen LogP contribution is 2.20. The van der Waals surface area contributed by atoms with Crippen LogP contribution in [-0.2, 0) is 0 Å². The van der Waals surface area contributed by atoms with Crippen molar-refractivity contribution in [3.63, 3.8) is 0 Å². The molecule has 0 saturated carbocycles. The summed E-state index contributed by atoms with van der Waals surface area (Å²) in [5, 5.41) is 6.24. The first-order valence-corrected chi connectivity index (χ1v) is 7.03. The van der Waals surface area contributed by atoms with E-state index < -0.39 is 0 Å². The van der Waals surface area contributed by atoms with Gasteiger partial charge in [0.1, 0.15) is 5.75 Å². The quantitative estimate of drug-likeness (QED) is 0.849. The van der Waals surface area contributed by atoms with Crippen LogP contribution in [0, 0.1) is 0 Å². The summed E-state index contributed by atoms with van der Waals surface area (Å²) in [6.07, 6.45) is 0. The zero-order chi connectivity index (χ0) is 15.5. The highest BCUT2D eigenvalue weighted by molar-refractivity contribution is 5.90. The molecule has 1 aliphatic heterocycles. The first-order valence-electron chi connectivity index (χ1n) is 7.03. The second-order valence-electron chi connectivity index (χ2n) is 5.02. The summed E-state index contributed by atoms with van der Waals surface area (Å²) in [6, 6.07) is 7.91. The van der Waals surface area contributed by atoms with Crippen LogP contribution in [0.2, 0.25) is 0 Å². The molecule has 1 aromatic carbocycles. The maximum atomic E-state index is 12.2. The Bertz CT molecular complexity index is 646. The number of H-pyrrole nitrogens is 1. The van der Waals surface area contributed by atoms with E-state index in [9.17, 15) is 4.79 Å². The highest BCUT2D eigenvalue weighted by Gasteiger charge is 2.24. The molecule has 0 aliphatic carbocycles. The molecule has 1 aromatic heterocycles. The number of methoxy groups -OCH3 is 1. The largest absolute Gasteiger partial charge is 0.497 e. The minimum Gasteiger partial charge on any atom is -0.497 e. The Morgan fingerprint density at radius 3 is 2.45 bits per heavy atom. The SMILES string of the molecule is COc1ccc(N2CCN(C(=O)c3nc(N)n[nH]3)CC2)cc1. The summed E-state index contributed by atoms with van der Waals surface area (Å²) in [6.45, 7) is 2.79. The number of hydrogen-bond donors (Lipinski definition) is 2. The number of nitrogen functional groups attached to an aromatic ring is 1. The van der Waals surface area contributed by atoms with E-state index >= 15 is 0 Å². The Morgan fingerprint density at radius 2 is 1.91 bits per heavy atom. The molecule has 116 valence electrons. The van der Waals surface area contributed by atoms with Crippen molar-refractivity contribution in [3.05, 3.63) is 30.1 Å². The first kappa shape index (κ1) is 14.2. The van der Waals surface area contributed by atoms with Gasteiger partial charge in [-0.05, 0) is 24.3 Å². The second kappa shape index (κ2) is 5.92. The monoisotopic (exact) mass is 302 g/mol. The van der Waals surface area contributed by atoms with Gasteiger partial charge in [-0.25, -0.2) is 0 Å². The number of carbonyl (C=O) groups excluding carboxylic acids is 1. The Balaban J connectivity index is 1.61. The first-order chi connectivity index (χ1) is 10.7.